The van der Waals surface area contributed by atoms with Crippen molar-refractivity contribution in [2.75, 3.05) is 5.75 Å². The Labute approximate surface area is 138 Å². The van der Waals surface area contributed by atoms with Crippen LogP contribution in [0.25, 0.3) is 0 Å². The first kappa shape index (κ1) is 16.5. The Morgan fingerprint density at radius 1 is 1.27 bits per heavy atom. The Hall–Kier alpha value is -1.92. The smallest absolute Gasteiger partial charge is 0.250 e. The number of rotatable bonds is 5. The Balaban J connectivity index is 1.81. The van der Waals surface area contributed by atoms with Crippen LogP contribution in [0, 0.1) is 13.8 Å². The van der Waals surface area contributed by atoms with Crippen molar-refractivity contribution in [2.24, 2.45) is 5.10 Å². The minimum atomic E-state index is -0.210. The lowest BCUT2D eigenvalue weighted by Crippen LogP contribution is -2.19. The van der Waals surface area contributed by atoms with Gasteiger partial charge < -0.3 is 0 Å². The maximum atomic E-state index is 11.7. The Morgan fingerprint density at radius 2 is 1.91 bits per heavy atom. The molecule has 1 aromatic carbocycles. The Morgan fingerprint density at radius 3 is 2.55 bits per heavy atom. The van der Waals surface area contributed by atoms with Crippen molar-refractivity contribution in [3.05, 3.63) is 52.3 Å². The van der Waals surface area contributed by atoms with Crippen molar-refractivity contribution in [1.82, 2.24) is 15.4 Å². The number of hydrogen-bond donors (Lipinski definition) is 1. The molecule has 0 spiro atoms. The first-order chi connectivity index (χ1) is 10.5. The third-order valence-corrected chi connectivity index (χ3v) is 3.67. The van der Waals surface area contributed by atoms with Gasteiger partial charge in [-0.25, -0.2) is 15.4 Å². The summed E-state index contributed by atoms with van der Waals surface area (Å²) < 4.78 is 0. The van der Waals surface area contributed by atoms with E-state index in [0.29, 0.717) is 10.2 Å². The molecule has 0 aliphatic carbocycles. The van der Waals surface area contributed by atoms with E-state index >= 15 is 0 Å². The highest BCUT2D eigenvalue weighted by Gasteiger charge is 2.05. The molecule has 1 amide bonds. The lowest BCUT2D eigenvalue weighted by Gasteiger charge is -2.02. The molecule has 114 valence electrons. The van der Waals surface area contributed by atoms with Gasteiger partial charge in [0.05, 0.1) is 12.0 Å². The minimum Gasteiger partial charge on any atom is -0.272 e. The summed E-state index contributed by atoms with van der Waals surface area (Å²) >= 11 is 7.07. The molecule has 22 heavy (non-hydrogen) atoms. The van der Waals surface area contributed by atoms with Crippen LogP contribution in [0.2, 0.25) is 5.02 Å². The van der Waals surface area contributed by atoms with Crippen molar-refractivity contribution >= 4 is 35.5 Å². The highest BCUT2D eigenvalue weighted by molar-refractivity contribution is 7.99. The topological polar surface area (TPSA) is 67.2 Å². The summed E-state index contributed by atoms with van der Waals surface area (Å²) in [6.07, 6.45) is 1.56. The molecular formula is C15H15ClN4OS. The number of benzene rings is 1. The molecule has 7 heteroatoms. The lowest BCUT2D eigenvalue weighted by molar-refractivity contribution is -0.118. The lowest BCUT2D eigenvalue weighted by atomic mass is 10.2. The van der Waals surface area contributed by atoms with E-state index in [1.165, 1.54) is 11.8 Å². The van der Waals surface area contributed by atoms with Crippen molar-refractivity contribution in [3.63, 3.8) is 0 Å². The Kier molecular flexibility index (Phi) is 5.91. The van der Waals surface area contributed by atoms with Crippen LogP contribution in [0.5, 0.6) is 0 Å². The maximum absolute atomic E-state index is 11.7. The molecule has 0 bridgehead atoms. The standard InChI is InChI=1S/C15H15ClN4OS/c1-10-7-11(2)19-15(18-10)22-9-14(21)20-17-8-12-3-5-13(16)6-4-12/h3-8H,9H2,1-2H3,(H,20,21)/b17-8+. The monoisotopic (exact) mass is 334 g/mol. The van der Waals surface area contributed by atoms with Gasteiger partial charge in [-0.15, -0.1) is 0 Å². The van der Waals surface area contributed by atoms with E-state index in [1.54, 1.807) is 18.3 Å². The first-order valence-corrected chi connectivity index (χ1v) is 7.92. The molecule has 2 aromatic rings. The van der Waals surface area contributed by atoms with Gasteiger partial charge in [-0.1, -0.05) is 35.5 Å². The number of halogens is 1. The quantitative estimate of drug-likeness (QED) is 0.395. The fourth-order valence-corrected chi connectivity index (χ4v) is 2.52. The minimum absolute atomic E-state index is 0.209. The van der Waals surface area contributed by atoms with Crippen LogP contribution in [-0.2, 0) is 4.79 Å². The van der Waals surface area contributed by atoms with Crippen LogP contribution in [0.4, 0.5) is 0 Å². The van der Waals surface area contributed by atoms with Crippen LogP contribution in [0.15, 0.2) is 40.6 Å². The van der Waals surface area contributed by atoms with Crippen molar-refractivity contribution in [2.45, 2.75) is 19.0 Å². The number of nitrogens with zero attached hydrogens (tertiary/aromatic N) is 3. The third kappa shape index (κ3) is 5.46. The summed E-state index contributed by atoms with van der Waals surface area (Å²) in [6, 6.07) is 9.04. The number of carbonyl (C=O) groups is 1. The van der Waals surface area contributed by atoms with Crippen LogP contribution >= 0.6 is 23.4 Å². The van der Waals surface area contributed by atoms with Crippen molar-refractivity contribution in [1.29, 1.82) is 0 Å². The van der Waals surface area contributed by atoms with E-state index < -0.39 is 0 Å². The summed E-state index contributed by atoms with van der Waals surface area (Å²) in [5.41, 5.74) is 5.09. The van der Waals surface area contributed by atoms with E-state index in [0.717, 1.165) is 17.0 Å². The zero-order chi connectivity index (χ0) is 15.9. The number of amides is 1. The SMILES string of the molecule is Cc1cc(C)nc(SCC(=O)N/N=C/c2ccc(Cl)cc2)n1. The number of hydrogen-bond acceptors (Lipinski definition) is 5. The summed E-state index contributed by atoms with van der Waals surface area (Å²) in [4.78, 5) is 20.2. The molecule has 5 nitrogen and oxygen atoms in total. The highest BCUT2D eigenvalue weighted by Crippen LogP contribution is 2.13. The summed E-state index contributed by atoms with van der Waals surface area (Å²) in [6.45, 7) is 3.80. The van der Waals surface area contributed by atoms with Gasteiger partial charge in [0, 0.05) is 16.4 Å². The van der Waals surface area contributed by atoms with Gasteiger partial charge in [-0.05, 0) is 37.6 Å². The molecule has 0 atom stereocenters. The van der Waals surface area contributed by atoms with Crippen LogP contribution in [-0.4, -0.2) is 27.8 Å². The molecule has 0 aliphatic heterocycles. The highest BCUT2D eigenvalue weighted by atomic mass is 35.5. The van der Waals surface area contributed by atoms with Crippen LogP contribution in [0.3, 0.4) is 0 Å². The molecule has 0 unspecified atom stereocenters. The van der Waals surface area contributed by atoms with E-state index in [-0.39, 0.29) is 11.7 Å². The van der Waals surface area contributed by atoms with Gasteiger partial charge in [0.2, 0.25) is 0 Å². The van der Waals surface area contributed by atoms with Crippen molar-refractivity contribution < 1.29 is 4.79 Å². The number of hydrazone groups is 1. The average molecular weight is 335 g/mol. The van der Waals surface area contributed by atoms with Crippen LogP contribution < -0.4 is 5.43 Å². The second kappa shape index (κ2) is 7.91. The second-order valence-electron chi connectivity index (χ2n) is 4.57. The van der Waals surface area contributed by atoms with E-state index in [1.807, 2.05) is 32.0 Å². The fourth-order valence-electron chi connectivity index (χ4n) is 1.65. The van der Waals surface area contributed by atoms with Gasteiger partial charge in [0.25, 0.3) is 5.91 Å². The van der Waals surface area contributed by atoms with Gasteiger partial charge >= 0.3 is 0 Å². The van der Waals surface area contributed by atoms with Crippen LogP contribution in [0.1, 0.15) is 17.0 Å². The molecule has 0 saturated heterocycles. The molecule has 2 rings (SSSR count). The summed E-state index contributed by atoms with van der Waals surface area (Å²) in [5, 5.41) is 5.15. The molecule has 0 aliphatic rings. The number of carbonyl (C=O) groups excluding carboxylic acids is 1. The molecule has 0 saturated carbocycles. The molecule has 0 radical (unpaired) electrons. The predicted molar refractivity (Wildman–Crippen MR) is 89.4 cm³/mol. The van der Waals surface area contributed by atoms with E-state index in [2.05, 4.69) is 20.5 Å². The number of aryl methyl sites for hydroxylation is 2. The molecule has 0 fully saturated rings. The third-order valence-electron chi connectivity index (χ3n) is 2.57. The second-order valence-corrected chi connectivity index (χ2v) is 5.95. The first-order valence-electron chi connectivity index (χ1n) is 6.55. The van der Waals surface area contributed by atoms with E-state index in [4.69, 9.17) is 11.6 Å². The fraction of sp³-hybridized carbons (Fsp3) is 0.200. The Bertz CT molecular complexity index is 668. The molecule has 1 heterocycles. The molecule has 1 N–H and O–H groups in total. The van der Waals surface area contributed by atoms with Gasteiger partial charge in [0.1, 0.15) is 0 Å². The predicted octanol–water partition coefficient (Wildman–Crippen LogP) is 2.99. The van der Waals surface area contributed by atoms with Gasteiger partial charge in [-0.2, -0.15) is 5.10 Å². The number of thioether (sulfide) groups is 1. The number of aromatic nitrogens is 2. The maximum Gasteiger partial charge on any atom is 0.250 e. The average Bonchev–Trinajstić information content (AvgIpc) is 2.46. The molecule has 1 aromatic heterocycles. The normalized spacial score (nSPS) is 10.9. The van der Waals surface area contributed by atoms with Gasteiger partial charge in [0.15, 0.2) is 5.16 Å². The zero-order valence-corrected chi connectivity index (χ0v) is 13.8. The van der Waals surface area contributed by atoms with Crippen molar-refractivity contribution in [3.8, 4) is 0 Å². The summed E-state index contributed by atoms with van der Waals surface area (Å²) in [5.74, 6) is -0.00103. The zero-order valence-electron chi connectivity index (χ0n) is 12.2. The largest absolute Gasteiger partial charge is 0.272 e. The molecular weight excluding hydrogens is 320 g/mol. The number of nitrogens with one attached hydrogen (secondary N) is 1. The summed E-state index contributed by atoms with van der Waals surface area (Å²) in [7, 11) is 0. The van der Waals surface area contributed by atoms with E-state index in [9.17, 15) is 4.79 Å². The van der Waals surface area contributed by atoms with Gasteiger partial charge in [-0.3, -0.25) is 4.79 Å².